The average Bonchev–Trinajstić information content (AvgIpc) is 3.25. The average molecular weight is 626 g/mol. The molecule has 1 unspecified atom stereocenters. The van der Waals surface area contributed by atoms with Gasteiger partial charge in [0.05, 0.1) is 30.0 Å². The van der Waals surface area contributed by atoms with Crippen LogP contribution in [-0.2, 0) is 37.3 Å². The van der Waals surface area contributed by atoms with Gasteiger partial charge >= 0.3 is 14.8 Å². The summed E-state index contributed by atoms with van der Waals surface area (Å²) in [6.07, 6.45) is -2.43. The van der Waals surface area contributed by atoms with Gasteiger partial charge in [0.25, 0.3) is 0 Å². The molecule has 0 spiro atoms. The largest absolute Gasteiger partial charge is 0.493 e. The Labute approximate surface area is 256 Å². The quantitative estimate of drug-likeness (QED) is 0.164. The van der Waals surface area contributed by atoms with Crippen LogP contribution in [0.4, 0.5) is 13.2 Å². The normalized spacial score (nSPS) is 17.7. The molecule has 1 aliphatic rings. The summed E-state index contributed by atoms with van der Waals surface area (Å²) in [5.41, 5.74) is 1.52. The highest BCUT2D eigenvalue weighted by molar-refractivity contribution is 7.41. The number of nitrogens with zero attached hydrogens (tertiary/aromatic N) is 1. The van der Waals surface area contributed by atoms with E-state index in [2.05, 4.69) is 18.2 Å². The minimum Gasteiger partial charge on any atom is -0.493 e. The van der Waals surface area contributed by atoms with Gasteiger partial charge in [-0.3, -0.25) is 0 Å². The summed E-state index contributed by atoms with van der Waals surface area (Å²) in [5, 5.41) is 0. The van der Waals surface area contributed by atoms with E-state index in [0.717, 1.165) is 12.0 Å². The molecule has 2 aromatic rings. The fraction of sp³-hybridized carbons (Fsp3) is 0.606. The lowest BCUT2D eigenvalue weighted by molar-refractivity contribution is -0.139. The van der Waals surface area contributed by atoms with E-state index in [1.807, 2.05) is 55.4 Å². The third-order valence-corrected chi connectivity index (χ3v) is 8.39. The van der Waals surface area contributed by atoms with Crippen molar-refractivity contribution in [2.75, 3.05) is 19.8 Å². The summed E-state index contributed by atoms with van der Waals surface area (Å²) < 4.78 is 71.8. The van der Waals surface area contributed by atoms with Gasteiger partial charge in [-0.15, -0.1) is 0 Å². The van der Waals surface area contributed by atoms with Crippen molar-refractivity contribution in [2.24, 2.45) is 4.99 Å². The summed E-state index contributed by atoms with van der Waals surface area (Å²) in [6.45, 7) is 18.0. The third-order valence-electron chi connectivity index (χ3n) is 6.66. The molecule has 1 atom stereocenters. The summed E-state index contributed by atoms with van der Waals surface area (Å²) in [7, 11) is -1.71. The predicted octanol–water partition coefficient (Wildman–Crippen LogP) is 9.33. The zero-order chi connectivity index (χ0) is 32.1. The van der Waals surface area contributed by atoms with Gasteiger partial charge in [0.2, 0.25) is 0 Å². The van der Waals surface area contributed by atoms with Gasteiger partial charge < -0.3 is 23.0 Å². The van der Waals surface area contributed by atoms with Crippen LogP contribution in [0.5, 0.6) is 5.75 Å². The highest BCUT2D eigenvalue weighted by atomic mass is 31.2. The Morgan fingerprint density at radius 1 is 0.907 bits per heavy atom. The van der Waals surface area contributed by atoms with Crippen LogP contribution in [0.25, 0.3) is 0 Å². The zero-order valence-electron chi connectivity index (χ0n) is 27.0. The molecule has 0 N–H and O–H groups in total. The van der Waals surface area contributed by atoms with Gasteiger partial charge in [-0.05, 0) is 110 Å². The molecule has 0 radical (unpaired) electrons. The van der Waals surface area contributed by atoms with Crippen molar-refractivity contribution in [1.82, 2.24) is 0 Å². The molecule has 0 aromatic heterocycles. The topological polar surface area (TPSA) is 58.5 Å². The molecule has 0 saturated carbocycles. The number of halogens is 3. The number of benzene rings is 2. The number of aliphatic imine (C=N–C) groups is 1. The molecule has 1 heterocycles. The van der Waals surface area contributed by atoms with Crippen LogP contribution in [0.3, 0.4) is 0 Å². The van der Waals surface area contributed by atoms with Crippen LogP contribution in [0.2, 0.25) is 0 Å². The molecule has 1 aliphatic heterocycles. The van der Waals surface area contributed by atoms with E-state index in [1.165, 1.54) is 23.3 Å². The van der Waals surface area contributed by atoms with Gasteiger partial charge in [0, 0.05) is 6.92 Å². The molecule has 0 fully saturated rings. The van der Waals surface area contributed by atoms with Gasteiger partial charge in [0.15, 0.2) is 5.90 Å². The standard InChI is InChI=1S/C33H47F3NO5P/c1-23-12-13-24(2)27(19-23)11-10-18-38-29-15-14-26(20-28(29)33(34,35)36)16-17-32(21-39-25(3)37-32)22-40-43(41-30(4,5)6)42-31(7,8)9/h12-15,19-20H,10-11,16-18,21-22H2,1-9H3. The van der Waals surface area contributed by atoms with E-state index in [9.17, 15) is 13.2 Å². The van der Waals surface area contributed by atoms with E-state index in [4.69, 9.17) is 28.0 Å². The van der Waals surface area contributed by atoms with Crippen LogP contribution in [0.15, 0.2) is 41.4 Å². The Bertz CT molecular complexity index is 1240. The van der Waals surface area contributed by atoms with Crippen LogP contribution < -0.4 is 4.74 Å². The first-order valence-corrected chi connectivity index (χ1v) is 15.8. The van der Waals surface area contributed by atoms with Crippen molar-refractivity contribution in [3.8, 4) is 5.75 Å². The van der Waals surface area contributed by atoms with Gasteiger partial charge in [-0.2, -0.15) is 13.2 Å². The molecule has 6 nitrogen and oxygen atoms in total. The number of alkyl halides is 3. The molecular formula is C33H47F3NO5P. The second-order valence-corrected chi connectivity index (χ2v) is 14.3. The lowest BCUT2D eigenvalue weighted by atomic mass is 9.93. The third kappa shape index (κ3) is 11.7. The molecule has 0 amide bonds. The molecule has 43 heavy (non-hydrogen) atoms. The minimum absolute atomic E-state index is 0.149. The molecule has 0 bridgehead atoms. The second-order valence-electron chi connectivity index (χ2n) is 13.3. The van der Waals surface area contributed by atoms with E-state index < -0.39 is 37.1 Å². The van der Waals surface area contributed by atoms with Crippen LogP contribution in [0, 0.1) is 13.8 Å². The zero-order valence-corrected chi connectivity index (χ0v) is 27.9. The van der Waals surface area contributed by atoms with E-state index in [-0.39, 0.29) is 25.6 Å². The molecule has 0 aliphatic carbocycles. The smallest absolute Gasteiger partial charge is 0.419 e. The Morgan fingerprint density at radius 2 is 1.58 bits per heavy atom. The molecule has 10 heteroatoms. The Morgan fingerprint density at radius 3 is 2.16 bits per heavy atom. The van der Waals surface area contributed by atoms with Crippen molar-refractivity contribution < 1.29 is 36.2 Å². The number of hydrogen-bond donors (Lipinski definition) is 0. The highest BCUT2D eigenvalue weighted by Gasteiger charge is 2.39. The molecule has 240 valence electrons. The first kappa shape index (κ1) is 35.3. The fourth-order valence-electron chi connectivity index (χ4n) is 4.57. The number of aryl methyl sites for hydroxylation is 4. The predicted molar refractivity (Wildman–Crippen MR) is 166 cm³/mol. The number of hydrogen-bond acceptors (Lipinski definition) is 6. The summed E-state index contributed by atoms with van der Waals surface area (Å²) >= 11 is 0. The van der Waals surface area contributed by atoms with Crippen LogP contribution in [0.1, 0.15) is 89.1 Å². The summed E-state index contributed by atoms with van der Waals surface area (Å²) in [4.78, 5) is 4.70. The SMILES string of the molecule is CC1=NC(CCc2ccc(OCCCc3cc(C)ccc3C)c(C(F)(F)F)c2)(COP(OC(C)(C)C)OC(C)(C)C)CO1. The Balaban J connectivity index is 1.68. The maximum absolute atomic E-state index is 14.1. The van der Waals surface area contributed by atoms with Crippen molar-refractivity contribution in [1.29, 1.82) is 0 Å². The Hall–Kier alpha value is -2.19. The summed E-state index contributed by atoms with van der Waals surface area (Å²) in [5.74, 6) is 0.361. The van der Waals surface area contributed by atoms with E-state index in [0.29, 0.717) is 30.7 Å². The fourth-order valence-corrected chi connectivity index (χ4v) is 5.96. The lowest BCUT2D eigenvalue weighted by Crippen LogP contribution is -2.35. The summed E-state index contributed by atoms with van der Waals surface area (Å²) in [6, 6.07) is 10.5. The maximum atomic E-state index is 14.1. The van der Waals surface area contributed by atoms with Gasteiger partial charge in [0.1, 0.15) is 17.9 Å². The van der Waals surface area contributed by atoms with Crippen LogP contribution >= 0.6 is 8.60 Å². The monoisotopic (exact) mass is 625 g/mol. The Kier molecular flexibility index (Phi) is 11.7. The minimum atomic E-state index is -4.55. The molecule has 3 rings (SSSR count). The van der Waals surface area contributed by atoms with Gasteiger partial charge in [-0.25, -0.2) is 4.99 Å². The maximum Gasteiger partial charge on any atom is 0.419 e. The van der Waals surface area contributed by atoms with Crippen molar-refractivity contribution in [3.05, 3.63) is 64.2 Å². The van der Waals surface area contributed by atoms with E-state index in [1.54, 1.807) is 13.0 Å². The second kappa shape index (κ2) is 14.3. The molecule has 0 saturated heterocycles. The first-order chi connectivity index (χ1) is 19.8. The highest BCUT2D eigenvalue weighted by Crippen LogP contribution is 2.48. The molecular weight excluding hydrogens is 578 g/mol. The number of rotatable bonds is 13. The van der Waals surface area contributed by atoms with E-state index >= 15 is 0 Å². The lowest BCUT2D eigenvalue weighted by Gasteiger charge is -2.32. The molecule has 2 aromatic carbocycles. The van der Waals surface area contributed by atoms with Crippen LogP contribution in [-0.4, -0.2) is 42.5 Å². The van der Waals surface area contributed by atoms with Crippen molar-refractivity contribution in [3.63, 3.8) is 0 Å². The first-order valence-electron chi connectivity index (χ1n) is 14.7. The number of ether oxygens (including phenoxy) is 2. The van der Waals surface area contributed by atoms with Crippen molar-refractivity contribution in [2.45, 2.75) is 111 Å². The van der Waals surface area contributed by atoms with Crippen molar-refractivity contribution >= 4 is 14.5 Å². The van der Waals surface area contributed by atoms with Gasteiger partial charge in [-0.1, -0.05) is 29.8 Å².